The molecule has 0 unspecified atom stereocenters. The Hall–Kier alpha value is -2.76. The quantitative estimate of drug-likeness (QED) is 0.413. The maximum atomic E-state index is 13.3. The zero-order chi connectivity index (χ0) is 20.4. The predicted octanol–water partition coefficient (Wildman–Crippen LogP) is 5.74. The third kappa shape index (κ3) is 4.47. The molecule has 4 aromatic rings. The highest BCUT2D eigenvalue weighted by Gasteiger charge is 2.21. The molecule has 6 heteroatoms. The predicted molar refractivity (Wildman–Crippen MR) is 120 cm³/mol. The van der Waals surface area contributed by atoms with Crippen molar-refractivity contribution in [2.75, 3.05) is 4.90 Å². The number of aryl methyl sites for hydroxylation is 2. The van der Waals surface area contributed by atoms with Crippen LogP contribution >= 0.6 is 22.9 Å². The van der Waals surface area contributed by atoms with E-state index in [2.05, 4.69) is 23.0 Å². The number of hydrogen-bond acceptors (Lipinski definition) is 4. The van der Waals surface area contributed by atoms with Crippen LogP contribution in [0.5, 0.6) is 0 Å². The summed E-state index contributed by atoms with van der Waals surface area (Å²) in [6.45, 7) is 4.47. The second kappa shape index (κ2) is 8.31. The number of nitrogens with zero attached hydrogens (tertiary/aromatic N) is 3. The largest absolute Gasteiger partial charge is 0.282 e. The lowest BCUT2D eigenvalue weighted by Crippen LogP contribution is -2.32. The SMILES string of the molecule is Cc1ccc(CC(=O)N(Cc2ccccn2)c2nc3ccc(Cl)cc3s2)c(C)c1. The number of carbonyl (C=O) groups excluding carboxylic acids is 1. The fraction of sp³-hybridized carbons (Fsp3) is 0.174. The molecule has 0 spiro atoms. The first-order valence-corrected chi connectivity index (χ1v) is 10.5. The third-order valence-corrected chi connectivity index (χ3v) is 6.03. The highest BCUT2D eigenvalue weighted by molar-refractivity contribution is 7.22. The Morgan fingerprint density at radius 2 is 1.97 bits per heavy atom. The third-order valence-electron chi connectivity index (χ3n) is 4.76. The second-order valence-electron chi connectivity index (χ2n) is 7.02. The van der Waals surface area contributed by atoms with Crippen LogP contribution < -0.4 is 4.90 Å². The van der Waals surface area contributed by atoms with Crippen molar-refractivity contribution in [2.45, 2.75) is 26.8 Å². The first-order valence-electron chi connectivity index (χ1n) is 9.32. The van der Waals surface area contributed by atoms with Gasteiger partial charge in [0.25, 0.3) is 0 Å². The molecular weight excluding hydrogens is 402 g/mol. The lowest BCUT2D eigenvalue weighted by atomic mass is 10.0. The van der Waals surface area contributed by atoms with Gasteiger partial charge in [-0.1, -0.05) is 52.8 Å². The minimum atomic E-state index is -0.00670. The lowest BCUT2D eigenvalue weighted by molar-refractivity contribution is -0.118. The summed E-state index contributed by atoms with van der Waals surface area (Å²) in [6.07, 6.45) is 2.05. The normalized spacial score (nSPS) is 11.0. The summed E-state index contributed by atoms with van der Waals surface area (Å²) in [4.78, 5) is 24.1. The van der Waals surface area contributed by atoms with Gasteiger partial charge in [0.2, 0.25) is 5.91 Å². The Morgan fingerprint density at radius 1 is 1.10 bits per heavy atom. The zero-order valence-electron chi connectivity index (χ0n) is 16.2. The van der Waals surface area contributed by atoms with Crippen LogP contribution in [0, 0.1) is 13.8 Å². The number of hydrogen-bond donors (Lipinski definition) is 0. The summed E-state index contributed by atoms with van der Waals surface area (Å²) in [5, 5.41) is 1.31. The van der Waals surface area contributed by atoms with Gasteiger partial charge in [-0.2, -0.15) is 0 Å². The van der Waals surface area contributed by atoms with Gasteiger partial charge in [-0.25, -0.2) is 4.98 Å². The fourth-order valence-electron chi connectivity index (χ4n) is 3.22. The molecule has 0 aliphatic heterocycles. The Labute approximate surface area is 178 Å². The van der Waals surface area contributed by atoms with Crippen molar-refractivity contribution in [3.05, 3.63) is 88.2 Å². The molecule has 0 fully saturated rings. The monoisotopic (exact) mass is 421 g/mol. The van der Waals surface area contributed by atoms with E-state index < -0.39 is 0 Å². The van der Waals surface area contributed by atoms with Crippen LogP contribution in [0.4, 0.5) is 5.13 Å². The van der Waals surface area contributed by atoms with Crippen LogP contribution in [0.1, 0.15) is 22.4 Å². The number of thiazole rings is 1. The summed E-state index contributed by atoms with van der Waals surface area (Å²) in [7, 11) is 0. The minimum absolute atomic E-state index is 0.00670. The minimum Gasteiger partial charge on any atom is -0.282 e. The number of benzene rings is 2. The van der Waals surface area contributed by atoms with Gasteiger partial charge in [0.15, 0.2) is 5.13 Å². The Morgan fingerprint density at radius 3 is 2.72 bits per heavy atom. The Kier molecular flexibility index (Phi) is 5.60. The number of anilines is 1. The molecule has 146 valence electrons. The van der Waals surface area contributed by atoms with Gasteiger partial charge in [0, 0.05) is 11.2 Å². The van der Waals surface area contributed by atoms with Crippen molar-refractivity contribution in [3.8, 4) is 0 Å². The molecule has 1 amide bonds. The van der Waals surface area contributed by atoms with E-state index in [4.69, 9.17) is 11.6 Å². The van der Waals surface area contributed by atoms with Crippen molar-refractivity contribution in [1.29, 1.82) is 0 Å². The molecule has 2 aromatic heterocycles. The summed E-state index contributed by atoms with van der Waals surface area (Å²) >= 11 is 7.59. The van der Waals surface area contributed by atoms with Gasteiger partial charge in [0.05, 0.1) is 28.9 Å². The van der Waals surface area contributed by atoms with E-state index in [9.17, 15) is 4.79 Å². The van der Waals surface area contributed by atoms with E-state index in [-0.39, 0.29) is 5.91 Å². The van der Waals surface area contributed by atoms with Crippen molar-refractivity contribution < 1.29 is 4.79 Å². The molecule has 4 rings (SSSR count). The standard InChI is InChI=1S/C23H20ClN3OS/c1-15-6-7-17(16(2)11-15)12-22(28)27(14-19-5-3-4-10-25-19)23-26-20-9-8-18(24)13-21(20)29-23/h3-11,13H,12,14H2,1-2H3. The number of carbonyl (C=O) groups is 1. The van der Waals surface area contributed by atoms with Gasteiger partial charge < -0.3 is 0 Å². The molecule has 2 aromatic carbocycles. The molecule has 4 nitrogen and oxygen atoms in total. The van der Waals surface area contributed by atoms with Crippen molar-refractivity contribution >= 4 is 44.2 Å². The number of fused-ring (bicyclic) bond motifs is 1. The van der Waals surface area contributed by atoms with E-state index >= 15 is 0 Å². The van der Waals surface area contributed by atoms with Crippen molar-refractivity contribution in [1.82, 2.24) is 9.97 Å². The number of rotatable bonds is 5. The molecule has 0 N–H and O–H groups in total. The zero-order valence-corrected chi connectivity index (χ0v) is 17.8. The average molecular weight is 422 g/mol. The van der Waals surface area contributed by atoms with Crippen LogP contribution in [-0.4, -0.2) is 15.9 Å². The van der Waals surface area contributed by atoms with Crippen LogP contribution in [0.25, 0.3) is 10.2 Å². The Bertz CT molecular complexity index is 1170. The maximum absolute atomic E-state index is 13.3. The number of halogens is 1. The maximum Gasteiger partial charge on any atom is 0.233 e. The van der Waals surface area contributed by atoms with E-state index in [0.717, 1.165) is 27.0 Å². The van der Waals surface area contributed by atoms with E-state index in [1.165, 1.54) is 16.9 Å². The van der Waals surface area contributed by atoms with Crippen molar-refractivity contribution in [3.63, 3.8) is 0 Å². The highest BCUT2D eigenvalue weighted by Crippen LogP contribution is 2.32. The first-order chi connectivity index (χ1) is 14.0. The molecule has 2 heterocycles. The smallest absolute Gasteiger partial charge is 0.233 e. The molecule has 0 aliphatic carbocycles. The van der Waals surface area contributed by atoms with Crippen LogP contribution in [0.3, 0.4) is 0 Å². The first kappa shape index (κ1) is 19.6. The molecule has 0 saturated carbocycles. The van der Waals surface area contributed by atoms with Crippen LogP contribution in [0.2, 0.25) is 5.02 Å². The fourth-order valence-corrected chi connectivity index (χ4v) is 4.48. The molecule has 0 bridgehead atoms. The van der Waals surface area contributed by atoms with E-state index in [0.29, 0.717) is 23.1 Å². The Balaban J connectivity index is 1.69. The lowest BCUT2D eigenvalue weighted by Gasteiger charge is -2.20. The summed E-state index contributed by atoms with van der Waals surface area (Å²) in [5.41, 5.74) is 4.98. The number of pyridine rings is 1. The molecule has 29 heavy (non-hydrogen) atoms. The summed E-state index contributed by atoms with van der Waals surface area (Å²) in [5.74, 6) is -0.00670. The average Bonchev–Trinajstić information content (AvgIpc) is 3.11. The number of amides is 1. The van der Waals surface area contributed by atoms with Crippen LogP contribution in [0.15, 0.2) is 60.8 Å². The summed E-state index contributed by atoms with van der Waals surface area (Å²) < 4.78 is 0.956. The number of aromatic nitrogens is 2. The van der Waals surface area contributed by atoms with Gasteiger partial charge in [-0.05, 0) is 55.3 Å². The molecule has 0 atom stereocenters. The molecule has 0 aliphatic rings. The summed E-state index contributed by atoms with van der Waals surface area (Å²) in [6, 6.07) is 17.5. The van der Waals surface area contributed by atoms with Gasteiger partial charge in [-0.3, -0.25) is 14.7 Å². The molecule has 0 radical (unpaired) electrons. The van der Waals surface area contributed by atoms with Gasteiger partial charge in [-0.15, -0.1) is 0 Å². The molecular formula is C23H20ClN3OS. The topological polar surface area (TPSA) is 46.1 Å². The second-order valence-corrected chi connectivity index (χ2v) is 8.46. The molecule has 0 saturated heterocycles. The van der Waals surface area contributed by atoms with E-state index in [1.54, 1.807) is 11.1 Å². The van der Waals surface area contributed by atoms with Crippen LogP contribution in [-0.2, 0) is 17.8 Å². The van der Waals surface area contributed by atoms with Gasteiger partial charge >= 0.3 is 0 Å². The van der Waals surface area contributed by atoms with Gasteiger partial charge in [0.1, 0.15) is 0 Å². The van der Waals surface area contributed by atoms with Crippen molar-refractivity contribution in [2.24, 2.45) is 0 Å². The van der Waals surface area contributed by atoms with E-state index in [1.807, 2.05) is 55.5 Å². The highest BCUT2D eigenvalue weighted by atomic mass is 35.5.